The molecule has 0 aliphatic carbocycles. The first-order valence-corrected chi connectivity index (χ1v) is 9.73. The van der Waals surface area contributed by atoms with E-state index in [2.05, 4.69) is 33.3 Å². The average Bonchev–Trinajstić information content (AvgIpc) is 3.12. The molecule has 1 saturated heterocycles. The third-order valence-corrected chi connectivity index (χ3v) is 5.72. The topological polar surface area (TPSA) is 48.5 Å². The Labute approximate surface area is 157 Å². The Hall–Kier alpha value is -2.44. The molecule has 3 aromatic rings. The van der Waals surface area contributed by atoms with Gasteiger partial charge in [0.1, 0.15) is 0 Å². The van der Waals surface area contributed by atoms with Crippen molar-refractivity contribution >= 4 is 32.6 Å². The van der Waals surface area contributed by atoms with Gasteiger partial charge in [-0.25, -0.2) is 4.98 Å². The number of thiazole rings is 1. The molecule has 0 bridgehead atoms. The van der Waals surface area contributed by atoms with Gasteiger partial charge < -0.3 is 10.2 Å². The summed E-state index contributed by atoms with van der Waals surface area (Å²) in [6, 6.07) is 18.3. The molecule has 4 rings (SSSR count). The maximum atomic E-state index is 12.2. The first kappa shape index (κ1) is 17.0. The maximum Gasteiger partial charge on any atom is 0.234 e. The molecule has 0 radical (unpaired) electrons. The standard InChI is InChI=1S/C20H22N4OS/c25-19(21-14-16-6-2-1-3-7-16)15-23-10-12-24(13-11-23)20-22-17-8-4-5-9-18(17)26-20/h1-9H,10-15H2,(H,21,25). The van der Waals surface area contributed by atoms with Gasteiger partial charge in [0.15, 0.2) is 5.13 Å². The van der Waals surface area contributed by atoms with Crippen LogP contribution in [0.5, 0.6) is 0 Å². The highest BCUT2D eigenvalue weighted by Gasteiger charge is 2.21. The Morgan fingerprint density at radius 3 is 2.50 bits per heavy atom. The van der Waals surface area contributed by atoms with Crippen molar-refractivity contribution in [3.8, 4) is 0 Å². The van der Waals surface area contributed by atoms with Gasteiger partial charge in [-0.05, 0) is 17.7 Å². The van der Waals surface area contributed by atoms with E-state index in [1.807, 2.05) is 36.4 Å². The molecule has 26 heavy (non-hydrogen) atoms. The normalized spacial score (nSPS) is 15.3. The van der Waals surface area contributed by atoms with E-state index in [0.717, 1.165) is 42.4 Å². The van der Waals surface area contributed by atoms with Crippen molar-refractivity contribution in [3.05, 3.63) is 60.2 Å². The van der Waals surface area contributed by atoms with Crippen LogP contribution in [0.2, 0.25) is 0 Å². The summed E-state index contributed by atoms with van der Waals surface area (Å²) in [5.41, 5.74) is 2.19. The van der Waals surface area contributed by atoms with Crippen molar-refractivity contribution in [2.75, 3.05) is 37.6 Å². The second-order valence-corrected chi connectivity index (χ2v) is 7.50. The van der Waals surface area contributed by atoms with Gasteiger partial charge in [-0.3, -0.25) is 9.69 Å². The van der Waals surface area contributed by atoms with E-state index in [0.29, 0.717) is 13.1 Å². The lowest BCUT2D eigenvalue weighted by Crippen LogP contribution is -2.49. The lowest BCUT2D eigenvalue weighted by Gasteiger charge is -2.34. The van der Waals surface area contributed by atoms with Crippen LogP contribution < -0.4 is 10.2 Å². The molecule has 1 N–H and O–H groups in total. The molecule has 1 amide bonds. The van der Waals surface area contributed by atoms with Crippen LogP contribution in [0.3, 0.4) is 0 Å². The van der Waals surface area contributed by atoms with E-state index in [4.69, 9.17) is 4.98 Å². The second-order valence-electron chi connectivity index (χ2n) is 6.49. The van der Waals surface area contributed by atoms with Crippen LogP contribution in [0.1, 0.15) is 5.56 Å². The summed E-state index contributed by atoms with van der Waals surface area (Å²) >= 11 is 1.74. The second kappa shape index (κ2) is 7.85. The summed E-state index contributed by atoms with van der Waals surface area (Å²) in [6.45, 7) is 4.63. The Morgan fingerprint density at radius 2 is 1.73 bits per heavy atom. The minimum Gasteiger partial charge on any atom is -0.351 e. The van der Waals surface area contributed by atoms with Crippen LogP contribution in [0.15, 0.2) is 54.6 Å². The van der Waals surface area contributed by atoms with Gasteiger partial charge in [0.2, 0.25) is 5.91 Å². The predicted octanol–water partition coefficient (Wildman–Crippen LogP) is 2.73. The van der Waals surface area contributed by atoms with E-state index in [1.165, 1.54) is 4.70 Å². The Morgan fingerprint density at radius 1 is 1.00 bits per heavy atom. The molecule has 0 atom stereocenters. The Bertz CT molecular complexity index is 839. The number of fused-ring (bicyclic) bond motifs is 1. The summed E-state index contributed by atoms with van der Waals surface area (Å²) in [7, 11) is 0. The lowest BCUT2D eigenvalue weighted by atomic mass is 10.2. The first-order chi connectivity index (χ1) is 12.8. The third-order valence-electron chi connectivity index (χ3n) is 4.63. The van der Waals surface area contributed by atoms with Gasteiger partial charge in [-0.2, -0.15) is 0 Å². The highest BCUT2D eigenvalue weighted by atomic mass is 32.1. The number of nitrogens with zero attached hydrogens (tertiary/aromatic N) is 3. The van der Waals surface area contributed by atoms with Gasteiger partial charge in [-0.1, -0.05) is 53.8 Å². The van der Waals surface area contributed by atoms with Crippen LogP contribution in [0, 0.1) is 0 Å². The van der Waals surface area contributed by atoms with Crippen molar-refractivity contribution in [2.24, 2.45) is 0 Å². The van der Waals surface area contributed by atoms with E-state index in [-0.39, 0.29) is 5.91 Å². The zero-order valence-corrected chi connectivity index (χ0v) is 15.4. The van der Waals surface area contributed by atoms with Crippen molar-refractivity contribution in [1.29, 1.82) is 0 Å². The molecular formula is C20H22N4OS. The fourth-order valence-corrected chi connectivity index (χ4v) is 4.17. The molecule has 1 fully saturated rings. The van der Waals surface area contributed by atoms with Gasteiger partial charge in [0.25, 0.3) is 0 Å². The van der Waals surface area contributed by atoms with Crippen molar-refractivity contribution < 1.29 is 4.79 Å². The summed E-state index contributed by atoms with van der Waals surface area (Å²) in [5, 5.41) is 4.09. The maximum absolute atomic E-state index is 12.2. The van der Waals surface area contributed by atoms with E-state index < -0.39 is 0 Å². The van der Waals surface area contributed by atoms with Crippen LogP contribution in [0.4, 0.5) is 5.13 Å². The summed E-state index contributed by atoms with van der Waals surface area (Å²) < 4.78 is 1.23. The summed E-state index contributed by atoms with van der Waals surface area (Å²) in [6.07, 6.45) is 0. The van der Waals surface area contributed by atoms with Crippen LogP contribution >= 0.6 is 11.3 Å². The average molecular weight is 366 g/mol. The highest BCUT2D eigenvalue weighted by molar-refractivity contribution is 7.22. The van der Waals surface area contributed by atoms with Crippen LogP contribution in [-0.2, 0) is 11.3 Å². The third kappa shape index (κ3) is 4.03. The number of para-hydroxylation sites is 1. The zero-order chi connectivity index (χ0) is 17.8. The number of anilines is 1. The Balaban J connectivity index is 1.26. The molecule has 134 valence electrons. The largest absolute Gasteiger partial charge is 0.351 e. The highest BCUT2D eigenvalue weighted by Crippen LogP contribution is 2.28. The predicted molar refractivity (Wildman–Crippen MR) is 107 cm³/mol. The van der Waals surface area contributed by atoms with Crippen molar-refractivity contribution in [3.63, 3.8) is 0 Å². The molecule has 6 heteroatoms. The molecule has 1 aliphatic rings. The molecule has 5 nitrogen and oxygen atoms in total. The smallest absolute Gasteiger partial charge is 0.234 e. The van der Waals surface area contributed by atoms with Crippen molar-refractivity contribution in [1.82, 2.24) is 15.2 Å². The van der Waals surface area contributed by atoms with Gasteiger partial charge in [0, 0.05) is 32.7 Å². The van der Waals surface area contributed by atoms with Crippen LogP contribution in [0.25, 0.3) is 10.2 Å². The molecule has 0 spiro atoms. The van der Waals surface area contributed by atoms with Gasteiger partial charge in [0.05, 0.1) is 16.8 Å². The number of hydrogen-bond acceptors (Lipinski definition) is 5. The molecule has 0 unspecified atom stereocenters. The number of aromatic nitrogens is 1. The minimum absolute atomic E-state index is 0.0855. The number of rotatable bonds is 5. The number of hydrogen-bond donors (Lipinski definition) is 1. The molecule has 2 aromatic carbocycles. The monoisotopic (exact) mass is 366 g/mol. The number of nitrogens with one attached hydrogen (secondary N) is 1. The number of carbonyl (C=O) groups excluding carboxylic acids is 1. The number of piperazine rings is 1. The van der Waals surface area contributed by atoms with Crippen molar-refractivity contribution in [2.45, 2.75) is 6.54 Å². The molecule has 0 saturated carbocycles. The fourth-order valence-electron chi connectivity index (χ4n) is 3.15. The fraction of sp³-hybridized carbons (Fsp3) is 0.300. The number of carbonyl (C=O) groups is 1. The lowest BCUT2D eigenvalue weighted by molar-refractivity contribution is -0.122. The van der Waals surface area contributed by atoms with Gasteiger partial charge in [-0.15, -0.1) is 0 Å². The minimum atomic E-state index is 0.0855. The summed E-state index contributed by atoms with van der Waals surface area (Å²) in [4.78, 5) is 21.4. The molecular weight excluding hydrogens is 344 g/mol. The zero-order valence-electron chi connectivity index (χ0n) is 14.6. The summed E-state index contributed by atoms with van der Waals surface area (Å²) in [5.74, 6) is 0.0855. The van der Waals surface area contributed by atoms with Crippen LogP contribution in [-0.4, -0.2) is 48.5 Å². The number of benzene rings is 2. The van der Waals surface area contributed by atoms with E-state index in [1.54, 1.807) is 11.3 Å². The van der Waals surface area contributed by atoms with E-state index >= 15 is 0 Å². The van der Waals surface area contributed by atoms with E-state index in [9.17, 15) is 4.79 Å². The quantitative estimate of drug-likeness (QED) is 0.754. The first-order valence-electron chi connectivity index (χ1n) is 8.91. The Kier molecular flexibility index (Phi) is 5.13. The van der Waals surface area contributed by atoms with Gasteiger partial charge >= 0.3 is 0 Å². The molecule has 2 heterocycles. The number of amides is 1. The molecule has 1 aliphatic heterocycles. The molecule has 1 aromatic heterocycles. The SMILES string of the molecule is O=C(CN1CCN(c2nc3ccccc3s2)CC1)NCc1ccccc1.